The first-order valence-electron chi connectivity index (χ1n) is 7.91. The summed E-state index contributed by atoms with van der Waals surface area (Å²) >= 11 is 12.0. The largest absolute Gasteiger partial charge is 0.386 e. The van der Waals surface area contributed by atoms with E-state index in [-0.39, 0.29) is 24.8 Å². The van der Waals surface area contributed by atoms with E-state index < -0.39 is 11.5 Å². The number of hydrogen-bond acceptors (Lipinski definition) is 3. The highest BCUT2D eigenvalue weighted by molar-refractivity contribution is 6.33. The molecule has 1 saturated carbocycles. The highest BCUT2D eigenvalue weighted by Crippen LogP contribution is 2.45. The molecule has 2 aliphatic rings. The first-order chi connectivity index (χ1) is 10.9. The first kappa shape index (κ1) is 16.7. The average molecular weight is 356 g/mol. The summed E-state index contributed by atoms with van der Waals surface area (Å²) in [4.78, 5) is 26.3. The molecule has 1 atom stereocenters. The molecule has 3 rings (SSSR count). The van der Waals surface area contributed by atoms with Crippen LogP contribution in [0.4, 0.5) is 0 Å². The zero-order chi connectivity index (χ0) is 16.6. The lowest BCUT2D eigenvalue weighted by Gasteiger charge is -2.31. The van der Waals surface area contributed by atoms with Crippen molar-refractivity contribution < 1.29 is 14.7 Å². The molecular weight excluding hydrogens is 337 g/mol. The van der Waals surface area contributed by atoms with E-state index in [0.717, 1.165) is 32.1 Å². The molecule has 23 heavy (non-hydrogen) atoms. The number of benzene rings is 1. The molecule has 124 valence electrons. The van der Waals surface area contributed by atoms with Crippen molar-refractivity contribution in [3.05, 3.63) is 33.8 Å². The van der Waals surface area contributed by atoms with Crippen molar-refractivity contribution in [1.82, 2.24) is 4.90 Å². The Balaban J connectivity index is 1.78. The van der Waals surface area contributed by atoms with Crippen molar-refractivity contribution in [2.24, 2.45) is 5.41 Å². The van der Waals surface area contributed by atoms with Crippen LogP contribution in [0.1, 0.15) is 50.2 Å². The van der Waals surface area contributed by atoms with Gasteiger partial charge in [0.15, 0.2) is 0 Å². The molecule has 1 aliphatic heterocycles. The Bertz CT molecular complexity index is 641. The van der Waals surface area contributed by atoms with E-state index in [0.29, 0.717) is 15.6 Å². The molecule has 1 aromatic carbocycles. The van der Waals surface area contributed by atoms with E-state index in [9.17, 15) is 14.7 Å². The van der Waals surface area contributed by atoms with E-state index in [1.165, 1.54) is 4.90 Å². The second kappa shape index (κ2) is 6.42. The van der Waals surface area contributed by atoms with Crippen LogP contribution in [0.15, 0.2) is 18.2 Å². The van der Waals surface area contributed by atoms with Crippen molar-refractivity contribution >= 4 is 35.0 Å². The summed E-state index contributed by atoms with van der Waals surface area (Å²) in [5.74, 6) is -0.339. The second-order valence-corrected chi connectivity index (χ2v) is 7.35. The van der Waals surface area contributed by atoms with Crippen LogP contribution in [-0.2, 0) is 9.59 Å². The third kappa shape index (κ3) is 3.12. The molecule has 0 unspecified atom stereocenters. The first-order valence-corrected chi connectivity index (χ1v) is 8.66. The van der Waals surface area contributed by atoms with Gasteiger partial charge in [0.1, 0.15) is 0 Å². The number of amides is 2. The third-order valence-corrected chi connectivity index (χ3v) is 5.55. The Morgan fingerprint density at radius 2 is 1.87 bits per heavy atom. The van der Waals surface area contributed by atoms with Crippen LogP contribution in [-0.4, -0.2) is 28.4 Å². The van der Waals surface area contributed by atoms with E-state index in [4.69, 9.17) is 23.2 Å². The normalized spacial score (nSPS) is 22.0. The van der Waals surface area contributed by atoms with Gasteiger partial charge in [-0.1, -0.05) is 42.5 Å². The number of carbonyl (C=O) groups is 2. The van der Waals surface area contributed by atoms with Gasteiger partial charge in [0.25, 0.3) is 0 Å². The summed E-state index contributed by atoms with van der Waals surface area (Å²) in [6.45, 7) is -0.0700. The minimum atomic E-state index is -1.03. The number of halogens is 2. The molecule has 2 amide bonds. The van der Waals surface area contributed by atoms with Gasteiger partial charge in [0.05, 0.1) is 18.1 Å². The van der Waals surface area contributed by atoms with Gasteiger partial charge >= 0.3 is 0 Å². The molecule has 0 aromatic heterocycles. The van der Waals surface area contributed by atoms with Gasteiger partial charge in [-0.25, -0.2) is 0 Å². The number of β-amino-alcohol motifs (C(OH)–C–C–N with tert-alkyl or cyclic N) is 1. The fraction of sp³-hybridized carbons (Fsp3) is 0.529. The summed E-state index contributed by atoms with van der Waals surface area (Å²) < 4.78 is 0. The monoisotopic (exact) mass is 355 g/mol. The van der Waals surface area contributed by atoms with Crippen LogP contribution in [0.5, 0.6) is 0 Å². The van der Waals surface area contributed by atoms with Crippen molar-refractivity contribution in [2.45, 2.75) is 44.6 Å². The smallest absolute Gasteiger partial charge is 0.236 e. The number of likely N-dealkylation sites (tertiary alicyclic amines) is 1. The maximum Gasteiger partial charge on any atom is 0.236 e. The van der Waals surface area contributed by atoms with Crippen LogP contribution in [0.3, 0.4) is 0 Å². The molecule has 1 aromatic rings. The van der Waals surface area contributed by atoms with Crippen molar-refractivity contribution in [3.63, 3.8) is 0 Å². The van der Waals surface area contributed by atoms with E-state index in [1.807, 2.05) is 0 Å². The van der Waals surface area contributed by atoms with E-state index in [2.05, 4.69) is 0 Å². The van der Waals surface area contributed by atoms with Gasteiger partial charge in [-0.05, 0) is 31.0 Å². The molecule has 6 heteroatoms. The molecule has 0 radical (unpaired) electrons. The highest BCUT2D eigenvalue weighted by Gasteiger charge is 2.51. The van der Waals surface area contributed by atoms with Gasteiger partial charge in [0.2, 0.25) is 11.8 Å². The Hall–Kier alpha value is -1.10. The molecule has 4 nitrogen and oxygen atoms in total. The lowest BCUT2D eigenvalue weighted by atomic mass is 9.73. The molecule has 0 bridgehead atoms. The lowest BCUT2D eigenvalue weighted by molar-refractivity contribution is -0.143. The number of carbonyl (C=O) groups excluding carboxylic acids is 2. The van der Waals surface area contributed by atoms with Crippen LogP contribution < -0.4 is 0 Å². The van der Waals surface area contributed by atoms with Crippen molar-refractivity contribution in [1.29, 1.82) is 0 Å². The zero-order valence-corrected chi connectivity index (χ0v) is 14.2. The Morgan fingerprint density at radius 3 is 2.57 bits per heavy atom. The van der Waals surface area contributed by atoms with Crippen LogP contribution in [0, 0.1) is 5.41 Å². The number of aliphatic hydroxyl groups excluding tert-OH is 1. The van der Waals surface area contributed by atoms with Gasteiger partial charge < -0.3 is 5.11 Å². The number of aliphatic hydroxyl groups is 1. The number of rotatable bonds is 3. The molecule has 1 heterocycles. The Labute approximate surface area is 145 Å². The maximum atomic E-state index is 12.7. The van der Waals surface area contributed by atoms with Gasteiger partial charge in [-0.3, -0.25) is 14.5 Å². The highest BCUT2D eigenvalue weighted by atomic mass is 35.5. The fourth-order valence-corrected chi connectivity index (χ4v) is 4.13. The van der Waals surface area contributed by atoms with Crippen LogP contribution >= 0.6 is 23.2 Å². The van der Waals surface area contributed by atoms with Crippen LogP contribution in [0.25, 0.3) is 0 Å². The summed E-state index contributed by atoms with van der Waals surface area (Å²) in [6, 6.07) is 4.79. The Morgan fingerprint density at radius 1 is 1.17 bits per heavy atom. The zero-order valence-electron chi connectivity index (χ0n) is 12.7. The summed E-state index contributed by atoms with van der Waals surface area (Å²) in [5.41, 5.74) is -0.0999. The minimum Gasteiger partial charge on any atom is -0.386 e. The van der Waals surface area contributed by atoms with Gasteiger partial charge in [0, 0.05) is 22.0 Å². The van der Waals surface area contributed by atoms with Gasteiger partial charge in [-0.2, -0.15) is 0 Å². The maximum absolute atomic E-state index is 12.7. The molecular formula is C17H19Cl2NO3. The van der Waals surface area contributed by atoms with Crippen molar-refractivity contribution in [2.75, 3.05) is 6.54 Å². The van der Waals surface area contributed by atoms with Crippen LogP contribution in [0.2, 0.25) is 10.0 Å². The quantitative estimate of drug-likeness (QED) is 0.840. The lowest BCUT2D eigenvalue weighted by Crippen LogP contribution is -2.39. The third-order valence-electron chi connectivity index (χ3n) is 4.97. The topological polar surface area (TPSA) is 57.6 Å². The number of hydrogen-bond donors (Lipinski definition) is 1. The Kier molecular flexibility index (Phi) is 4.68. The van der Waals surface area contributed by atoms with E-state index >= 15 is 0 Å². The van der Waals surface area contributed by atoms with E-state index in [1.54, 1.807) is 18.2 Å². The standard InChI is InChI=1S/C17H19Cl2NO3/c18-11-4-5-13(19)12(8-11)14(21)10-20-15(22)9-17(16(20)23)6-2-1-3-7-17/h4-5,8,14,21H,1-3,6-7,9-10H2/t14-/m1/s1. The summed E-state index contributed by atoms with van der Waals surface area (Å²) in [7, 11) is 0. The molecule has 2 fully saturated rings. The summed E-state index contributed by atoms with van der Waals surface area (Å²) in [5, 5.41) is 11.2. The minimum absolute atomic E-state index is 0.0700. The molecule has 1 spiro atoms. The second-order valence-electron chi connectivity index (χ2n) is 6.51. The van der Waals surface area contributed by atoms with Crippen molar-refractivity contribution in [3.8, 4) is 0 Å². The predicted molar refractivity (Wildman–Crippen MR) is 88.3 cm³/mol. The average Bonchev–Trinajstić information content (AvgIpc) is 2.74. The van der Waals surface area contributed by atoms with Gasteiger partial charge in [-0.15, -0.1) is 0 Å². The number of imide groups is 1. The fourth-order valence-electron chi connectivity index (χ4n) is 3.71. The SMILES string of the molecule is O=C1CC2(CCCCC2)C(=O)N1C[C@@H](O)c1cc(Cl)ccc1Cl. The predicted octanol–water partition coefficient (Wildman–Crippen LogP) is 3.74. The number of nitrogens with zero attached hydrogens (tertiary/aromatic N) is 1. The summed E-state index contributed by atoms with van der Waals surface area (Å²) in [6.07, 6.45) is 3.84. The molecule has 1 saturated heterocycles. The molecule has 1 aliphatic carbocycles. The molecule has 1 N–H and O–H groups in total.